The average molecular weight is 279 g/mol. The maximum atomic E-state index is 11.3. The number of ether oxygens (including phenoxy) is 2. The van der Waals surface area contributed by atoms with Gasteiger partial charge in [-0.05, 0) is 32.0 Å². The minimum absolute atomic E-state index is 0.0158. The van der Waals surface area contributed by atoms with Gasteiger partial charge < -0.3 is 19.9 Å². The largest absolute Gasteiger partial charge is 0.491 e. The predicted molar refractivity (Wildman–Crippen MR) is 75.0 cm³/mol. The summed E-state index contributed by atoms with van der Waals surface area (Å²) in [4.78, 5) is 11.3. The van der Waals surface area contributed by atoms with Crippen LogP contribution in [0.3, 0.4) is 0 Å². The Labute approximate surface area is 118 Å². The van der Waals surface area contributed by atoms with E-state index in [0.29, 0.717) is 26.1 Å². The number of hydrogen-bond donors (Lipinski definition) is 2. The summed E-state index contributed by atoms with van der Waals surface area (Å²) >= 11 is 0. The molecule has 0 bridgehead atoms. The SMILES string of the molecule is CNC1(C(=O)O)CCC(OCCOc2ccccc2)C1. The first-order valence-electron chi connectivity index (χ1n) is 6.88. The van der Waals surface area contributed by atoms with Gasteiger partial charge in [-0.3, -0.25) is 4.79 Å². The Bertz CT molecular complexity index is 437. The average Bonchev–Trinajstić information content (AvgIpc) is 2.90. The quantitative estimate of drug-likeness (QED) is 0.743. The van der Waals surface area contributed by atoms with Crippen molar-refractivity contribution < 1.29 is 19.4 Å². The Morgan fingerprint density at radius 1 is 1.40 bits per heavy atom. The molecule has 1 aromatic carbocycles. The van der Waals surface area contributed by atoms with E-state index in [1.54, 1.807) is 7.05 Å². The molecule has 1 aliphatic carbocycles. The van der Waals surface area contributed by atoms with Crippen molar-refractivity contribution in [3.05, 3.63) is 30.3 Å². The van der Waals surface area contributed by atoms with Crippen molar-refractivity contribution in [2.45, 2.75) is 30.9 Å². The van der Waals surface area contributed by atoms with Crippen molar-refractivity contribution in [1.82, 2.24) is 5.32 Å². The molecule has 0 aliphatic heterocycles. The zero-order valence-electron chi connectivity index (χ0n) is 11.7. The number of carboxylic acid groups (broad SMARTS) is 1. The van der Waals surface area contributed by atoms with Crippen LogP contribution in [0.1, 0.15) is 19.3 Å². The fourth-order valence-electron chi connectivity index (χ4n) is 2.56. The molecule has 0 radical (unpaired) electrons. The molecule has 2 atom stereocenters. The number of carboxylic acids is 1. The van der Waals surface area contributed by atoms with Crippen molar-refractivity contribution in [3.8, 4) is 5.75 Å². The van der Waals surface area contributed by atoms with Gasteiger partial charge in [0.25, 0.3) is 0 Å². The lowest BCUT2D eigenvalue weighted by Crippen LogP contribution is -2.48. The zero-order chi connectivity index (χ0) is 14.4. The molecular formula is C15H21NO4. The van der Waals surface area contributed by atoms with E-state index in [4.69, 9.17) is 9.47 Å². The first-order chi connectivity index (χ1) is 9.66. The molecule has 1 aromatic rings. The lowest BCUT2D eigenvalue weighted by Gasteiger charge is -2.23. The van der Waals surface area contributed by atoms with Crippen LogP contribution in [0.2, 0.25) is 0 Å². The van der Waals surface area contributed by atoms with Gasteiger partial charge in [-0.15, -0.1) is 0 Å². The number of para-hydroxylation sites is 1. The predicted octanol–water partition coefficient (Wildman–Crippen LogP) is 1.68. The van der Waals surface area contributed by atoms with Crippen molar-refractivity contribution >= 4 is 5.97 Å². The summed E-state index contributed by atoms with van der Waals surface area (Å²) in [6.45, 7) is 0.944. The van der Waals surface area contributed by atoms with Gasteiger partial charge in [-0.2, -0.15) is 0 Å². The molecule has 0 aromatic heterocycles. The van der Waals surface area contributed by atoms with E-state index in [2.05, 4.69) is 5.32 Å². The summed E-state index contributed by atoms with van der Waals surface area (Å²) in [5, 5.41) is 12.2. The van der Waals surface area contributed by atoms with Crippen molar-refractivity contribution in [1.29, 1.82) is 0 Å². The Kier molecular flexibility index (Phi) is 4.98. The summed E-state index contributed by atoms with van der Waals surface area (Å²) in [6, 6.07) is 9.56. The highest BCUT2D eigenvalue weighted by Gasteiger charge is 2.44. The third-order valence-electron chi connectivity index (χ3n) is 3.81. The molecule has 5 heteroatoms. The molecule has 0 heterocycles. The number of benzene rings is 1. The van der Waals surface area contributed by atoms with Gasteiger partial charge in [0, 0.05) is 6.42 Å². The lowest BCUT2D eigenvalue weighted by molar-refractivity contribution is -0.144. The van der Waals surface area contributed by atoms with Crippen LogP contribution >= 0.6 is 0 Å². The second kappa shape index (κ2) is 6.72. The number of likely N-dealkylation sites (N-methyl/N-ethyl adjacent to an activating group) is 1. The minimum Gasteiger partial charge on any atom is -0.491 e. The normalized spacial score (nSPS) is 25.6. The van der Waals surface area contributed by atoms with E-state index < -0.39 is 11.5 Å². The van der Waals surface area contributed by atoms with Crippen LogP contribution in [0.25, 0.3) is 0 Å². The van der Waals surface area contributed by atoms with Gasteiger partial charge in [0.05, 0.1) is 12.7 Å². The molecule has 0 saturated heterocycles. The van der Waals surface area contributed by atoms with Crippen molar-refractivity contribution in [3.63, 3.8) is 0 Å². The molecular weight excluding hydrogens is 258 g/mol. The van der Waals surface area contributed by atoms with Gasteiger partial charge >= 0.3 is 5.97 Å². The van der Waals surface area contributed by atoms with Crippen LogP contribution in [0.15, 0.2) is 30.3 Å². The van der Waals surface area contributed by atoms with Gasteiger partial charge in [0.2, 0.25) is 0 Å². The highest BCUT2D eigenvalue weighted by molar-refractivity contribution is 5.79. The molecule has 0 spiro atoms. The summed E-state index contributed by atoms with van der Waals surface area (Å²) in [5.74, 6) is 0.0178. The topological polar surface area (TPSA) is 67.8 Å². The lowest BCUT2D eigenvalue weighted by atomic mass is 9.98. The van der Waals surface area contributed by atoms with Crippen LogP contribution in [-0.4, -0.2) is 43.0 Å². The zero-order valence-corrected chi connectivity index (χ0v) is 11.7. The van der Waals surface area contributed by atoms with Crippen LogP contribution in [0, 0.1) is 0 Å². The summed E-state index contributed by atoms with van der Waals surface area (Å²) in [7, 11) is 1.69. The number of rotatable bonds is 7. The Morgan fingerprint density at radius 3 is 2.75 bits per heavy atom. The molecule has 2 N–H and O–H groups in total. The molecule has 2 unspecified atom stereocenters. The van der Waals surface area contributed by atoms with Gasteiger partial charge in [-0.1, -0.05) is 18.2 Å². The van der Waals surface area contributed by atoms with Crippen LogP contribution in [0.5, 0.6) is 5.75 Å². The monoisotopic (exact) mass is 279 g/mol. The summed E-state index contributed by atoms with van der Waals surface area (Å²) < 4.78 is 11.2. The highest BCUT2D eigenvalue weighted by Crippen LogP contribution is 2.31. The van der Waals surface area contributed by atoms with Gasteiger partial charge in [0.15, 0.2) is 0 Å². The molecule has 1 fully saturated rings. The van der Waals surface area contributed by atoms with Crippen LogP contribution < -0.4 is 10.1 Å². The minimum atomic E-state index is -0.828. The molecule has 110 valence electrons. The molecule has 1 saturated carbocycles. The fraction of sp³-hybridized carbons (Fsp3) is 0.533. The van der Waals surface area contributed by atoms with Gasteiger partial charge in [0.1, 0.15) is 17.9 Å². The van der Waals surface area contributed by atoms with E-state index in [9.17, 15) is 9.90 Å². The number of aliphatic carboxylic acids is 1. The van der Waals surface area contributed by atoms with E-state index in [-0.39, 0.29) is 6.10 Å². The molecule has 20 heavy (non-hydrogen) atoms. The number of carbonyl (C=O) groups is 1. The van der Waals surface area contributed by atoms with E-state index in [1.165, 1.54) is 0 Å². The standard InChI is InChI=1S/C15H21NO4/c1-16-15(14(17)18)8-7-13(11-15)20-10-9-19-12-5-3-2-4-6-12/h2-6,13,16H,7-11H2,1H3,(H,17,18). The van der Waals surface area contributed by atoms with E-state index >= 15 is 0 Å². The van der Waals surface area contributed by atoms with Crippen molar-refractivity contribution in [2.24, 2.45) is 0 Å². The van der Waals surface area contributed by atoms with Crippen molar-refractivity contribution in [2.75, 3.05) is 20.3 Å². The Hall–Kier alpha value is -1.59. The number of hydrogen-bond acceptors (Lipinski definition) is 4. The Morgan fingerprint density at radius 2 is 2.15 bits per heavy atom. The Balaban J connectivity index is 1.70. The fourth-order valence-corrected chi connectivity index (χ4v) is 2.56. The van der Waals surface area contributed by atoms with E-state index in [0.717, 1.165) is 12.2 Å². The maximum absolute atomic E-state index is 11.3. The van der Waals surface area contributed by atoms with E-state index in [1.807, 2.05) is 30.3 Å². The highest BCUT2D eigenvalue weighted by atomic mass is 16.5. The second-order valence-corrected chi connectivity index (χ2v) is 5.03. The molecule has 2 rings (SSSR count). The van der Waals surface area contributed by atoms with Gasteiger partial charge in [-0.25, -0.2) is 0 Å². The maximum Gasteiger partial charge on any atom is 0.323 e. The smallest absolute Gasteiger partial charge is 0.323 e. The first kappa shape index (κ1) is 14.8. The molecule has 1 aliphatic rings. The number of nitrogens with one attached hydrogen (secondary N) is 1. The molecule has 5 nitrogen and oxygen atoms in total. The summed E-state index contributed by atoms with van der Waals surface area (Å²) in [5.41, 5.74) is -0.828. The summed E-state index contributed by atoms with van der Waals surface area (Å²) in [6.07, 6.45) is 1.85. The van der Waals surface area contributed by atoms with Crippen LogP contribution in [-0.2, 0) is 9.53 Å². The second-order valence-electron chi connectivity index (χ2n) is 5.03. The third kappa shape index (κ3) is 3.49. The molecule has 0 amide bonds. The third-order valence-corrected chi connectivity index (χ3v) is 3.81. The first-order valence-corrected chi connectivity index (χ1v) is 6.88. The van der Waals surface area contributed by atoms with Crippen LogP contribution in [0.4, 0.5) is 0 Å².